The van der Waals surface area contributed by atoms with Gasteiger partial charge in [0.25, 0.3) is 0 Å². The Bertz CT molecular complexity index is 995. The average Bonchev–Trinajstić information content (AvgIpc) is 3.32. The second-order valence-electron chi connectivity index (χ2n) is 6.08. The normalized spacial score (nSPS) is 10.1. The Labute approximate surface area is 157 Å². The number of oxazole rings is 1. The van der Waals surface area contributed by atoms with E-state index in [1.165, 1.54) is 34.8 Å². The summed E-state index contributed by atoms with van der Waals surface area (Å²) < 4.78 is 9.43. The van der Waals surface area contributed by atoms with E-state index in [4.69, 9.17) is 4.74 Å². The number of ether oxygens (including phenoxy) is 1. The van der Waals surface area contributed by atoms with Crippen molar-refractivity contribution in [1.29, 1.82) is 0 Å². The first-order valence-electron chi connectivity index (χ1n) is 8.64. The van der Waals surface area contributed by atoms with Crippen molar-refractivity contribution in [1.82, 2.24) is 9.97 Å². The van der Waals surface area contributed by atoms with Crippen LogP contribution < -0.4 is 10.5 Å². The van der Waals surface area contributed by atoms with Gasteiger partial charge < -0.3 is 14.1 Å². The fraction of sp³-hybridized carbons (Fsp3) is 0.136. The fourth-order valence-electron chi connectivity index (χ4n) is 2.76. The lowest BCUT2D eigenvalue weighted by Gasteiger charge is -2.01. The van der Waals surface area contributed by atoms with Crippen LogP contribution in [0.2, 0.25) is 0 Å². The largest absolute Gasteiger partial charge is 0.497 e. The van der Waals surface area contributed by atoms with Crippen LogP contribution in [0.25, 0.3) is 11.3 Å². The van der Waals surface area contributed by atoms with Crippen LogP contribution in [0, 0.1) is 6.92 Å². The predicted octanol–water partition coefficient (Wildman–Crippen LogP) is 4.56. The summed E-state index contributed by atoms with van der Waals surface area (Å²) in [6.07, 6.45) is 3.68. The van der Waals surface area contributed by atoms with Crippen LogP contribution >= 0.6 is 0 Å². The molecule has 0 spiro atoms. The molecular weight excluding hydrogens is 340 g/mol. The number of methoxy groups -OCH3 is 1. The van der Waals surface area contributed by atoms with Crippen LogP contribution in [-0.4, -0.2) is 17.1 Å². The van der Waals surface area contributed by atoms with E-state index in [-0.39, 0.29) is 0 Å². The number of nitrogens with one attached hydrogen (secondary N) is 2. The minimum absolute atomic E-state index is 0.407. The molecule has 5 nitrogen and oxygen atoms in total. The van der Waals surface area contributed by atoms with Gasteiger partial charge in [0, 0.05) is 17.6 Å². The molecule has 0 aliphatic carbocycles. The third kappa shape index (κ3) is 5.01. The third-order valence-corrected chi connectivity index (χ3v) is 4.21. The van der Waals surface area contributed by atoms with Crippen LogP contribution in [-0.2, 0) is 6.42 Å². The standard InChI is InChI=1S/C19H19NO.C3H3NO2/c1-14-17(12-15-6-4-3-5-7-15)13-19(20-14)16-8-10-18(21-2)11-9-16;5-3-4-1-2-6-3/h3-11,13,20H,12H2,1-2H3;1-2H,(H,4,5). The minimum atomic E-state index is -0.407. The van der Waals surface area contributed by atoms with Crippen molar-refractivity contribution < 1.29 is 9.15 Å². The van der Waals surface area contributed by atoms with Crippen LogP contribution in [0.15, 0.2) is 82.3 Å². The van der Waals surface area contributed by atoms with E-state index in [2.05, 4.69) is 69.8 Å². The zero-order chi connectivity index (χ0) is 19.1. The highest BCUT2D eigenvalue weighted by molar-refractivity contribution is 5.62. The molecule has 0 amide bonds. The highest BCUT2D eigenvalue weighted by Gasteiger charge is 2.07. The Hall–Kier alpha value is -3.47. The Morgan fingerprint density at radius 2 is 1.78 bits per heavy atom. The molecule has 0 aliphatic rings. The fourth-order valence-corrected chi connectivity index (χ4v) is 2.76. The number of benzene rings is 2. The van der Waals surface area contributed by atoms with E-state index in [0.717, 1.165) is 17.9 Å². The maximum absolute atomic E-state index is 9.85. The summed E-state index contributed by atoms with van der Waals surface area (Å²) in [5.41, 5.74) is 6.23. The molecule has 0 saturated carbocycles. The Balaban J connectivity index is 0.000000299. The maximum Gasteiger partial charge on any atom is 0.416 e. The molecule has 0 bridgehead atoms. The summed E-state index contributed by atoms with van der Waals surface area (Å²) in [6, 6.07) is 20.9. The second kappa shape index (κ2) is 8.76. The zero-order valence-corrected chi connectivity index (χ0v) is 15.4. The molecule has 27 heavy (non-hydrogen) atoms. The van der Waals surface area contributed by atoms with Gasteiger partial charge in [-0.2, -0.15) is 0 Å². The highest BCUT2D eigenvalue weighted by atomic mass is 16.5. The molecule has 0 saturated heterocycles. The summed E-state index contributed by atoms with van der Waals surface area (Å²) in [5.74, 6) is 0.474. The number of rotatable bonds is 4. The Morgan fingerprint density at radius 3 is 2.33 bits per heavy atom. The third-order valence-electron chi connectivity index (χ3n) is 4.21. The van der Waals surface area contributed by atoms with E-state index in [1.807, 2.05) is 12.1 Å². The molecule has 0 atom stereocenters. The second-order valence-corrected chi connectivity index (χ2v) is 6.08. The first-order chi connectivity index (χ1) is 13.2. The summed E-state index contributed by atoms with van der Waals surface area (Å²) in [5, 5.41) is 0. The van der Waals surface area contributed by atoms with Gasteiger partial charge >= 0.3 is 5.76 Å². The number of hydrogen-bond acceptors (Lipinski definition) is 3. The molecule has 4 rings (SSSR count). The molecule has 2 aromatic heterocycles. The van der Waals surface area contributed by atoms with Gasteiger partial charge in [-0.1, -0.05) is 30.3 Å². The van der Waals surface area contributed by atoms with Gasteiger partial charge in [-0.15, -0.1) is 0 Å². The highest BCUT2D eigenvalue weighted by Crippen LogP contribution is 2.25. The van der Waals surface area contributed by atoms with Gasteiger partial charge in [-0.25, -0.2) is 4.79 Å². The monoisotopic (exact) mass is 362 g/mol. The molecule has 2 heterocycles. The van der Waals surface area contributed by atoms with E-state index >= 15 is 0 Å². The van der Waals surface area contributed by atoms with E-state index in [0.29, 0.717) is 0 Å². The molecule has 2 aromatic carbocycles. The molecule has 0 unspecified atom stereocenters. The number of aryl methyl sites for hydroxylation is 1. The summed E-state index contributed by atoms with van der Waals surface area (Å²) >= 11 is 0. The van der Waals surface area contributed by atoms with Crippen molar-refractivity contribution in [2.45, 2.75) is 13.3 Å². The van der Waals surface area contributed by atoms with Gasteiger partial charge in [0.1, 0.15) is 12.0 Å². The lowest BCUT2D eigenvalue weighted by atomic mass is 10.0. The van der Waals surface area contributed by atoms with Crippen molar-refractivity contribution in [3.05, 3.63) is 100 Å². The quantitative estimate of drug-likeness (QED) is 0.559. The van der Waals surface area contributed by atoms with E-state index in [1.54, 1.807) is 7.11 Å². The molecule has 2 N–H and O–H groups in total. The van der Waals surface area contributed by atoms with Gasteiger partial charge in [0.05, 0.1) is 7.11 Å². The number of aromatic nitrogens is 2. The van der Waals surface area contributed by atoms with E-state index in [9.17, 15) is 4.79 Å². The Morgan fingerprint density at radius 1 is 1.04 bits per heavy atom. The van der Waals surface area contributed by atoms with Gasteiger partial charge in [-0.3, -0.25) is 4.98 Å². The Kier molecular flexibility index (Phi) is 5.94. The first kappa shape index (κ1) is 18.3. The van der Waals surface area contributed by atoms with E-state index < -0.39 is 5.76 Å². The summed E-state index contributed by atoms with van der Waals surface area (Å²) in [7, 11) is 1.69. The van der Waals surface area contributed by atoms with Crippen molar-refractivity contribution in [2.75, 3.05) is 7.11 Å². The predicted molar refractivity (Wildman–Crippen MR) is 106 cm³/mol. The number of aromatic amines is 2. The molecule has 138 valence electrons. The minimum Gasteiger partial charge on any atom is -0.497 e. The number of H-pyrrole nitrogens is 2. The molecule has 0 fully saturated rings. The lowest BCUT2D eigenvalue weighted by molar-refractivity contribution is 0.415. The van der Waals surface area contributed by atoms with Crippen LogP contribution in [0.3, 0.4) is 0 Å². The molecular formula is C22H22N2O3. The summed E-state index contributed by atoms with van der Waals surface area (Å²) in [4.78, 5) is 15.6. The van der Waals surface area contributed by atoms with Crippen molar-refractivity contribution in [3.8, 4) is 17.0 Å². The SMILES string of the molecule is COc1ccc(-c2cc(Cc3ccccc3)c(C)[nH]2)cc1.O=c1[nH]cco1. The lowest BCUT2D eigenvalue weighted by Crippen LogP contribution is -1.91. The zero-order valence-electron chi connectivity index (χ0n) is 15.4. The van der Waals surface area contributed by atoms with Crippen molar-refractivity contribution in [3.63, 3.8) is 0 Å². The molecule has 0 aliphatic heterocycles. The first-order valence-corrected chi connectivity index (χ1v) is 8.64. The van der Waals surface area contributed by atoms with Crippen molar-refractivity contribution in [2.24, 2.45) is 0 Å². The van der Waals surface area contributed by atoms with Crippen LogP contribution in [0.5, 0.6) is 5.75 Å². The topological polar surface area (TPSA) is 71.0 Å². The average molecular weight is 362 g/mol. The van der Waals surface area contributed by atoms with Crippen LogP contribution in [0.1, 0.15) is 16.8 Å². The summed E-state index contributed by atoms with van der Waals surface area (Å²) in [6.45, 7) is 2.13. The maximum atomic E-state index is 9.85. The van der Waals surface area contributed by atoms with Gasteiger partial charge in [0.15, 0.2) is 0 Å². The molecule has 5 heteroatoms. The smallest absolute Gasteiger partial charge is 0.416 e. The molecule has 0 radical (unpaired) electrons. The van der Waals surface area contributed by atoms with Crippen molar-refractivity contribution >= 4 is 0 Å². The molecule has 4 aromatic rings. The van der Waals surface area contributed by atoms with Gasteiger partial charge in [-0.05, 0) is 60.4 Å². The number of hydrogen-bond donors (Lipinski definition) is 2. The van der Waals surface area contributed by atoms with Crippen LogP contribution in [0.4, 0.5) is 0 Å². The van der Waals surface area contributed by atoms with Gasteiger partial charge in [0.2, 0.25) is 0 Å².